The van der Waals surface area contributed by atoms with Gasteiger partial charge in [-0.05, 0) is 53.7 Å². The molecule has 0 fully saturated rings. The third kappa shape index (κ3) is 4.83. The molecule has 3 rings (SSSR count). The largest absolute Gasteiger partial charge is 0.272 e. The van der Waals surface area contributed by atoms with E-state index in [1.165, 1.54) is 4.68 Å². The van der Waals surface area contributed by atoms with Crippen LogP contribution < -0.4 is 10.9 Å². The van der Waals surface area contributed by atoms with E-state index >= 15 is 0 Å². The highest BCUT2D eigenvalue weighted by Crippen LogP contribution is 2.23. The van der Waals surface area contributed by atoms with Crippen LogP contribution in [-0.2, 0) is 4.79 Å². The molecule has 2 amide bonds. The molecule has 0 unspecified atom stereocenters. The molecule has 1 atom stereocenters. The molecule has 2 N–H and O–H groups in total. The molecule has 0 saturated carbocycles. The average molecular weight is 403 g/mol. The van der Waals surface area contributed by atoms with E-state index in [-0.39, 0.29) is 5.91 Å². The summed E-state index contributed by atoms with van der Waals surface area (Å²) >= 11 is 7.05. The Balaban J connectivity index is 1.60. The molecule has 10 heteroatoms. The van der Waals surface area contributed by atoms with Gasteiger partial charge in [-0.2, -0.15) is 4.68 Å². The number of hydrogen-bond acceptors (Lipinski definition) is 6. The molecule has 0 aliphatic heterocycles. The van der Waals surface area contributed by atoms with Crippen molar-refractivity contribution in [3.63, 3.8) is 0 Å². The number of benzene rings is 2. The van der Waals surface area contributed by atoms with Crippen molar-refractivity contribution >= 4 is 35.2 Å². The summed E-state index contributed by atoms with van der Waals surface area (Å²) in [6, 6.07) is 15.6. The van der Waals surface area contributed by atoms with Gasteiger partial charge < -0.3 is 0 Å². The number of nitrogens with one attached hydrogen (secondary N) is 2. The average Bonchev–Trinajstić information content (AvgIpc) is 3.15. The van der Waals surface area contributed by atoms with E-state index in [2.05, 4.69) is 26.4 Å². The fraction of sp³-hybridized carbons (Fsp3) is 0.118. The van der Waals surface area contributed by atoms with Crippen LogP contribution in [0.25, 0.3) is 5.69 Å². The van der Waals surface area contributed by atoms with Crippen molar-refractivity contribution in [2.75, 3.05) is 0 Å². The summed E-state index contributed by atoms with van der Waals surface area (Å²) in [4.78, 5) is 24.2. The predicted molar refractivity (Wildman–Crippen MR) is 102 cm³/mol. The number of carbonyl (C=O) groups is 2. The first-order valence-corrected chi connectivity index (χ1v) is 9.16. The minimum Gasteiger partial charge on any atom is -0.272 e. The van der Waals surface area contributed by atoms with Crippen LogP contribution in [0.2, 0.25) is 5.02 Å². The molecule has 0 aliphatic rings. The maximum atomic E-state index is 12.3. The summed E-state index contributed by atoms with van der Waals surface area (Å²) in [6.07, 6.45) is 0. The van der Waals surface area contributed by atoms with Crippen molar-refractivity contribution in [3.05, 3.63) is 65.2 Å². The number of hydrogen-bond donors (Lipinski definition) is 2. The highest BCUT2D eigenvalue weighted by molar-refractivity contribution is 8.00. The summed E-state index contributed by atoms with van der Waals surface area (Å²) in [6.45, 7) is 1.69. The molecule has 0 spiro atoms. The SMILES string of the molecule is C[C@H](Sc1nnnn1-c1ccc(Cl)cc1)C(=O)NNC(=O)c1ccccc1. The summed E-state index contributed by atoms with van der Waals surface area (Å²) in [5.74, 6) is -0.776. The molecule has 0 radical (unpaired) electrons. The third-order valence-corrected chi connectivity index (χ3v) is 4.78. The van der Waals surface area contributed by atoms with E-state index < -0.39 is 11.2 Å². The lowest BCUT2D eigenvalue weighted by Crippen LogP contribution is -2.44. The van der Waals surface area contributed by atoms with Crippen molar-refractivity contribution in [2.24, 2.45) is 0 Å². The van der Waals surface area contributed by atoms with E-state index in [9.17, 15) is 9.59 Å². The van der Waals surface area contributed by atoms with Crippen LogP contribution in [0, 0.1) is 0 Å². The number of aromatic nitrogens is 4. The molecule has 8 nitrogen and oxygen atoms in total. The second kappa shape index (κ2) is 8.65. The molecule has 0 aliphatic carbocycles. The first kappa shape index (κ1) is 18.9. The van der Waals surface area contributed by atoms with Gasteiger partial charge in [-0.3, -0.25) is 20.4 Å². The Kier molecular flexibility index (Phi) is 6.05. The molecule has 0 bridgehead atoms. The van der Waals surface area contributed by atoms with Crippen LogP contribution in [0.15, 0.2) is 59.8 Å². The maximum Gasteiger partial charge on any atom is 0.269 e. The van der Waals surface area contributed by atoms with Crippen molar-refractivity contribution < 1.29 is 9.59 Å². The summed E-state index contributed by atoms with van der Waals surface area (Å²) < 4.78 is 1.51. The molecular weight excluding hydrogens is 388 g/mol. The lowest BCUT2D eigenvalue weighted by molar-refractivity contribution is -0.121. The Labute approximate surface area is 164 Å². The lowest BCUT2D eigenvalue weighted by Gasteiger charge is -2.12. The fourth-order valence-corrected chi connectivity index (χ4v) is 3.02. The Bertz CT molecular complexity index is 932. The number of halogens is 1. The van der Waals surface area contributed by atoms with Gasteiger partial charge in [0, 0.05) is 10.6 Å². The van der Waals surface area contributed by atoms with E-state index in [0.717, 1.165) is 17.4 Å². The van der Waals surface area contributed by atoms with Crippen LogP contribution in [0.3, 0.4) is 0 Å². The van der Waals surface area contributed by atoms with Crippen LogP contribution in [0.1, 0.15) is 17.3 Å². The number of tetrazole rings is 1. The molecule has 1 aromatic heterocycles. The lowest BCUT2D eigenvalue weighted by atomic mass is 10.2. The van der Waals surface area contributed by atoms with E-state index in [1.54, 1.807) is 61.5 Å². The standard InChI is InChI=1S/C17H15ClN6O2S/c1-11(15(25)19-20-16(26)12-5-3-2-4-6-12)27-17-21-22-23-24(17)14-9-7-13(18)8-10-14/h2-11H,1H3,(H,19,25)(H,20,26)/t11-/m0/s1. The van der Waals surface area contributed by atoms with Crippen molar-refractivity contribution in [3.8, 4) is 5.69 Å². The zero-order valence-corrected chi connectivity index (χ0v) is 15.7. The van der Waals surface area contributed by atoms with Crippen molar-refractivity contribution in [1.29, 1.82) is 0 Å². The van der Waals surface area contributed by atoms with Gasteiger partial charge in [0.2, 0.25) is 5.16 Å². The number of nitrogens with zero attached hydrogens (tertiary/aromatic N) is 4. The van der Waals surface area contributed by atoms with Crippen LogP contribution in [0.5, 0.6) is 0 Å². The quantitative estimate of drug-likeness (QED) is 0.501. The molecule has 2 aromatic carbocycles. The van der Waals surface area contributed by atoms with Crippen LogP contribution in [0.4, 0.5) is 0 Å². The van der Waals surface area contributed by atoms with E-state index in [4.69, 9.17) is 11.6 Å². The third-order valence-electron chi connectivity index (χ3n) is 3.50. The molecule has 27 heavy (non-hydrogen) atoms. The number of carbonyl (C=O) groups excluding carboxylic acids is 2. The maximum absolute atomic E-state index is 12.3. The highest BCUT2D eigenvalue weighted by Gasteiger charge is 2.20. The fourth-order valence-electron chi connectivity index (χ4n) is 2.09. The van der Waals surface area contributed by atoms with Gasteiger partial charge in [0.25, 0.3) is 11.8 Å². The van der Waals surface area contributed by atoms with Crippen LogP contribution in [-0.4, -0.2) is 37.3 Å². The minimum atomic E-state index is -0.543. The van der Waals surface area contributed by atoms with Gasteiger partial charge in [0.15, 0.2) is 0 Å². The number of thioether (sulfide) groups is 1. The Morgan fingerprint density at radius 3 is 2.48 bits per heavy atom. The summed E-state index contributed by atoms with van der Waals surface area (Å²) in [5.41, 5.74) is 5.96. The number of amides is 2. The van der Waals surface area contributed by atoms with E-state index in [0.29, 0.717) is 15.7 Å². The van der Waals surface area contributed by atoms with Crippen molar-refractivity contribution in [2.45, 2.75) is 17.3 Å². The van der Waals surface area contributed by atoms with Crippen molar-refractivity contribution in [1.82, 2.24) is 31.1 Å². The van der Waals surface area contributed by atoms with Gasteiger partial charge in [0.1, 0.15) is 0 Å². The summed E-state index contributed by atoms with van der Waals surface area (Å²) in [5, 5.41) is 12.0. The molecular formula is C17H15ClN6O2S. The number of hydrazine groups is 1. The smallest absolute Gasteiger partial charge is 0.269 e. The zero-order chi connectivity index (χ0) is 19.2. The van der Waals surface area contributed by atoms with Gasteiger partial charge in [-0.1, -0.05) is 41.6 Å². The molecule has 0 saturated heterocycles. The molecule has 3 aromatic rings. The monoisotopic (exact) mass is 402 g/mol. The van der Waals surface area contributed by atoms with E-state index in [1.807, 2.05) is 0 Å². The van der Waals surface area contributed by atoms with Gasteiger partial charge in [-0.15, -0.1) is 5.10 Å². The first-order valence-electron chi connectivity index (χ1n) is 7.91. The summed E-state index contributed by atoms with van der Waals surface area (Å²) in [7, 11) is 0. The van der Waals surface area contributed by atoms with Gasteiger partial charge >= 0.3 is 0 Å². The zero-order valence-electron chi connectivity index (χ0n) is 14.2. The molecule has 138 valence electrons. The molecule has 1 heterocycles. The topological polar surface area (TPSA) is 102 Å². The minimum absolute atomic E-state index is 0.380. The van der Waals surface area contributed by atoms with Gasteiger partial charge in [-0.25, -0.2) is 0 Å². The van der Waals surface area contributed by atoms with Gasteiger partial charge in [0.05, 0.1) is 10.9 Å². The number of rotatable bonds is 5. The second-order valence-electron chi connectivity index (χ2n) is 5.42. The second-order valence-corrected chi connectivity index (χ2v) is 7.16. The Hall–Kier alpha value is -2.91. The Morgan fingerprint density at radius 2 is 1.78 bits per heavy atom. The normalized spacial score (nSPS) is 11.6. The van der Waals surface area contributed by atoms with Crippen LogP contribution >= 0.6 is 23.4 Å². The first-order chi connectivity index (χ1) is 13.0. The predicted octanol–water partition coefficient (Wildman–Crippen LogP) is 2.26. The highest BCUT2D eigenvalue weighted by atomic mass is 35.5. The Morgan fingerprint density at radius 1 is 1.07 bits per heavy atom.